The minimum atomic E-state index is -0.160. The summed E-state index contributed by atoms with van der Waals surface area (Å²) in [6.45, 7) is 12.2. The number of rotatable bonds is 8. The molecule has 1 N–H and O–H groups in total. The summed E-state index contributed by atoms with van der Waals surface area (Å²) in [6.07, 6.45) is 0. The largest absolute Gasteiger partial charge is 0.381 e. The molecule has 1 aromatic carbocycles. The average Bonchev–Trinajstić information content (AvgIpc) is 2.38. The molecule has 0 heterocycles. The molecule has 5 heteroatoms. The van der Waals surface area contributed by atoms with Gasteiger partial charge in [-0.05, 0) is 19.0 Å². The zero-order valence-electron chi connectivity index (χ0n) is 13.2. The van der Waals surface area contributed by atoms with Gasteiger partial charge in [-0.2, -0.15) is 0 Å². The molecule has 0 bridgehead atoms. The lowest BCUT2D eigenvalue weighted by Gasteiger charge is -2.25. The summed E-state index contributed by atoms with van der Waals surface area (Å²) in [5.41, 5.74) is 1.51. The maximum atomic E-state index is 11.8. The Balaban J connectivity index is 2.36. The summed E-state index contributed by atoms with van der Waals surface area (Å²) in [5.74, 6) is 0. The molecule has 1 rings (SSSR count). The first-order valence-corrected chi connectivity index (χ1v) is 7.53. The van der Waals surface area contributed by atoms with Crippen molar-refractivity contribution in [3.05, 3.63) is 20.3 Å². The summed E-state index contributed by atoms with van der Waals surface area (Å²) in [7, 11) is 2.07. The molecule has 0 amide bonds. The summed E-state index contributed by atoms with van der Waals surface area (Å²) in [6, 6.07) is 0. The fraction of sp³-hybridized carbons (Fsp3) is 0.733. The fourth-order valence-electron chi connectivity index (χ4n) is 2.00. The van der Waals surface area contributed by atoms with Crippen LogP contribution in [0.1, 0.15) is 33.3 Å². The molecule has 0 atom stereocenters. The van der Waals surface area contributed by atoms with Crippen molar-refractivity contribution in [2.24, 2.45) is 0 Å². The van der Waals surface area contributed by atoms with Crippen LogP contribution in [-0.4, -0.2) is 44.8 Å². The molecule has 0 aliphatic carbocycles. The number of nitrogens with zero attached hydrogens (tertiary/aromatic N) is 1. The second-order valence-corrected chi connectivity index (χ2v) is 6.50. The van der Waals surface area contributed by atoms with E-state index in [9.17, 15) is 4.79 Å². The summed E-state index contributed by atoms with van der Waals surface area (Å²) < 4.78 is 5.98. The molecule has 0 aliphatic heterocycles. The van der Waals surface area contributed by atoms with Gasteiger partial charge in [0.2, 0.25) is 5.43 Å². The number of hydrogen-bond donors (Lipinski definition) is 1. The fourth-order valence-corrected chi connectivity index (χ4v) is 2.28. The summed E-state index contributed by atoms with van der Waals surface area (Å²) in [5, 5.41) is 3.24. The van der Waals surface area contributed by atoms with Crippen molar-refractivity contribution < 1.29 is 4.74 Å². The minimum Gasteiger partial charge on any atom is -0.381 e. The predicted molar refractivity (Wildman–Crippen MR) is 87.1 cm³/mol. The van der Waals surface area contributed by atoms with E-state index in [1.54, 1.807) is 0 Å². The molecule has 0 radical (unpaired) electrons. The second kappa shape index (κ2) is 7.29. The SMILES string of the molecule is CCN(C)CCOCCNc1c(C(C)(C)C)c(=O)c1=S. The van der Waals surface area contributed by atoms with Crippen LogP contribution in [0.2, 0.25) is 0 Å². The van der Waals surface area contributed by atoms with Crippen molar-refractivity contribution in [3.8, 4) is 0 Å². The van der Waals surface area contributed by atoms with Crippen LogP contribution in [-0.2, 0) is 10.2 Å². The van der Waals surface area contributed by atoms with Crippen LogP contribution in [0.4, 0.5) is 5.69 Å². The van der Waals surface area contributed by atoms with Gasteiger partial charge < -0.3 is 15.0 Å². The van der Waals surface area contributed by atoms with Gasteiger partial charge in [0.25, 0.3) is 0 Å². The topological polar surface area (TPSA) is 41.6 Å². The van der Waals surface area contributed by atoms with Crippen molar-refractivity contribution in [1.82, 2.24) is 4.90 Å². The van der Waals surface area contributed by atoms with Crippen LogP contribution in [0.5, 0.6) is 0 Å². The van der Waals surface area contributed by atoms with E-state index in [-0.39, 0.29) is 10.8 Å². The van der Waals surface area contributed by atoms with Crippen LogP contribution in [0.25, 0.3) is 0 Å². The molecule has 4 nitrogen and oxygen atoms in total. The Morgan fingerprint density at radius 1 is 1.30 bits per heavy atom. The number of ether oxygens (including phenoxy) is 1. The second-order valence-electron chi connectivity index (χ2n) is 6.09. The van der Waals surface area contributed by atoms with Crippen molar-refractivity contribution >= 4 is 17.9 Å². The van der Waals surface area contributed by atoms with E-state index in [2.05, 4.69) is 24.2 Å². The van der Waals surface area contributed by atoms with E-state index in [1.807, 2.05) is 20.8 Å². The number of nitrogens with one attached hydrogen (secondary N) is 1. The van der Waals surface area contributed by atoms with Crippen LogP contribution in [0.15, 0.2) is 4.79 Å². The first kappa shape index (κ1) is 17.3. The van der Waals surface area contributed by atoms with Crippen LogP contribution < -0.4 is 10.7 Å². The van der Waals surface area contributed by atoms with Crippen LogP contribution in [0.3, 0.4) is 0 Å². The van der Waals surface area contributed by atoms with E-state index < -0.39 is 0 Å². The van der Waals surface area contributed by atoms with Gasteiger partial charge in [0.15, 0.2) is 0 Å². The molecule has 0 fully saturated rings. The Morgan fingerprint density at radius 2 is 1.95 bits per heavy atom. The molecule has 0 aliphatic rings. The smallest absolute Gasteiger partial charge is 0.204 e. The van der Waals surface area contributed by atoms with Crippen LogP contribution in [0, 0.1) is 4.51 Å². The van der Waals surface area contributed by atoms with Crippen molar-refractivity contribution in [1.29, 1.82) is 0 Å². The lowest BCUT2D eigenvalue weighted by molar-refractivity contribution is 0.121. The Hall–Kier alpha value is -0.780. The highest BCUT2D eigenvalue weighted by molar-refractivity contribution is 7.71. The van der Waals surface area contributed by atoms with Gasteiger partial charge in [0.1, 0.15) is 4.51 Å². The van der Waals surface area contributed by atoms with E-state index in [1.165, 1.54) is 0 Å². The van der Waals surface area contributed by atoms with Crippen molar-refractivity contribution in [2.45, 2.75) is 33.1 Å². The Kier molecular flexibility index (Phi) is 6.30. The zero-order valence-corrected chi connectivity index (χ0v) is 14.0. The molecule has 0 unspecified atom stereocenters. The number of likely N-dealkylation sites (N-methyl/N-ethyl adjacent to an activating group) is 1. The molecule has 114 valence electrons. The van der Waals surface area contributed by atoms with Crippen molar-refractivity contribution in [2.75, 3.05) is 45.2 Å². The third kappa shape index (κ3) is 4.36. The standard InChI is InChI=1S/C15H26N2O2S/c1-6-17(5)8-10-19-9-7-16-12-11(15(2,3)4)13(18)14(12)20/h16H,6-10H2,1-5H3. The Bertz CT molecular complexity index is 499. The lowest BCUT2D eigenvalue weighted by Crippen LogP contribution is -2.31. The highest BCUT2D eigenvalue weighted by Crippen LogP contribution is 2.29. The molecule has 0 spiro atoms. The van der Waals surface area contributed by atoms with Gasteiger partial charge >= 0.3 is 0 Å². The van der Waals surface area contributed by atoms with E-state index >= 15 is 0 Å². The monoisotopic (exact) mass is 298 g/mol. The number of anilines is 1. The first-order valence-electron chi connectivity index (χ1n) is 7.13. The molecule has 1 aromatic rings. The maximum Gasteiger partial charge on any atom is 0.204 e. The van der Waals surface area contributed by atoms with Gasteiger partial charge in [-0.25, -0.2) is 0 Å². The molecule has 20 heavy (non-hydrogen) atoms. The van der Waals surface area contributed by atoms with Gasteiger partial charge in [-0.3, -0.25) is 4.79 Å². The summed E-state index contributed by atoms with van der Waals surface area (Å²) in [4.78, 5) is 14.0. The normalized spacial score (nSPS) is 12.3. The zero-order chi connectivity index (χ0) is 15.3. The molecule has 0 saturated heterocycles. The Labute approximate surface area is 126 Å². The average molecular weight is 298 g/mol. The summed E-state index contributed by atoms with van der Waals surface area (Å²) >= 11 is 5.11. The highest BCUT2D eigenvalue weighted by Gasteiger charge is 2.27. The maximum absolute atomic E-state index is 11.8. The Morgan fingerprint density at radius 3 is 2.50 bits per heavy atom. The van der Waals surface area contributed by atoms with E-state index in [0.29, 0.717) is 17.7 Å². The minimum absolute atomic E-state index is 0.0143. The third-order valence-electron chi connectivity index (χ3n) is 3.37. The first-order chi connectivity index (χ1) is 9.29. The quantitative estimate of drug-likeness (QED) is 0.589. The number of hydrogen-bond acceptors (Lipinski definition) is 5. The van der Waals surface area contributed by atoms with Gasteiger partial charge in [0, 0.05) is 18.7 Å². The van der Waals surface area contributed by atoms with Gasteiger partial charge in [-0.1, -0.05) is 39.9 Å². The molecular formula is C15H26N2O2S. The third-order valence-corrected chi connectivity index (χ3v) is 3.76. The highest BCUT2D eigenvalue weighted by atomic mass is 32.1. The predicted octanol–water partition coefficient (Wildman–Crippen LogP) is 2.33. The van der Waals surface area contributed by atoms with Crippen molar-refractivity contribution in [3.63, 3.8) is 0 Å². The van der Waals surface area contributed by atoms with Gasteiger partial charge in [0.05, 0.1) is 18.9 Å². The van der Waals surface area contributed by atoms with E-state index in [0.717, 1.165) is 30.9 Å². The molecule has 0 saturated carbocycles. The van der Waals surface area contributed by atoms with E-state index in [4.69, 9.17) is 17.0 Å². The van der Waals surface area contributed by atoms with Crippen LogP contribution >= 0.6 is 12.2 Å². The molecular weight excluding hydrogens is 272 g/mol. The van der Waals surface area contributed by atoms with Gasteiger partial charge in [-0.15, -0.1) is 0 Å². The lowest BCUT2D eigenvalue weighted by atomic mass is 9.83. The molecule has 0 aromatic heterocycles.